The second-order valence-electron chi connectivity index (χ2n) is 8.45. The first-order chi connectivity index (χ1) is 13.6. The number of aromatic amines is 1. The molecule has 0 aliphatic carbocycles. The fourth-order valence-corrected chi connectivity index (χ4v) is 3.35. The first-order valence-corrected chi connectivity index (χ1v) is 9.88. The van der Waals surface area contributed by atoms with Crippen LogP contribution in [-0.4, -0.2) is 22.8 Å². The van der Waals surface area contributed by atoms with Gasteiger partial charge in [0.1, 0.15) is 11.7 Å². The minimum Gasteiger partial charge on any atom is -0.357 e. The summed E-state index contributed by atoms with van der Waals surface area (Å²) in [6.07, 6.45) is 6.68. The maximum atomic E-state index is 12.5. The maximum absolute atomic E-state index is 12.5. The summed E-state index contributed by atoms with van der Waals surface area (Å²) in [7, 11) is 0. The van der Waals surface area contributed by atoms with Crippen LogP contribution in [0.25, 0.3) is 17.0 Å². The molecule has 1 fully saturated rings. The summed E-state index contributed by atoms with van der Waals surface area (Å²) in [6.45, 7) is 13.9. The number of hydrogen-bond acceptors (Lipinski definition) is 2. The largest absolute Gasteiger partial charge is 0.357 e. The molecule has 1 aromatic carbocycles. The van der Waals surface area contributed by atoms with Crippen LogP contribution in [0.4, 0.5) is 0 Å². The molecule has 1 aliphatic heterocycles. The molecule has 1 aromatic heterocycles. The fourth-order valence-electron chi connectivity index (χ4n) is 3.35. The number of hydrogen-bond donors (Lipinski definition) is 3. The molecule has 5 nitrogen and oxygen atoms in total. The highest BCUT2D eigenvalue weighted by molar-refractivity contribution is 6.08. The Morgan fingerprint density at radius 1 is 1.24 bits per heavy atom. The van der Waals surface area contributed by atoms with Gasteiger partial charge in [0.2, 0.25) is 5.91 Å². The number of nitrogens with one attached hydrogen (secondary N) is 3. The molecule has 2 amide bonds. The molecule has 0 saturated carbocycles. The molecule has 29 heavy (non-hydrogen) atoms. The molecule has 0 bridgehead atoms. The molecule has 1 aliphatic rings. The SMILES string of the molecule is C=CC(C)(C)c1[nH]c2ccc(CC=C(C)C)cc2c1C=C1NC(=O)C(C)NC1=O. The number of allylic oxidation sites excluding steroid dienone is 3. The standard InChI is InChI=1S/C24H29N3O2/c1-7-24(5,6)21-18(13-20-23(29)25-15(4)22(28)27-20)17-12-16(9-8-14(2)3)10-11-19(17)26-21/h7-8,10-13,15,26H,1,9H2,2-6H3,(H,25,29)(H,27,28). The lowest BCUT2D eigenvalue weighted by molar-refractivity contribution is -0.130. The van der Waals surface area contributed by atoms with Gasteiger partial charge >= 0.3 is 0 Å². The van der Waals surface area contributed by atoms with Crippen LogP contribution in [0.5, 0.6) is 0 Å². The Morgan fingerprint density at radius 2 is 1.97 bits per heavy atom. The van der Waals surface area contributed by atoms with Crippen molar-refractivity contribution in [2.45, 2.75) is 52.5 Å². The normalized spacial score (nSPS) is 18.5. The Bertz CT molecular complexity index is 1050. The minimum absolute atomic E-state index is 0.218. The molecular weight excluding hydrogens is 362 g/mol. The van der Waals surface area contributed by atoms with E-state index in [-0.39, 0.29) is 22.9 Å². The number of H-pyrrole nitrogens is 1. The quantitative estimate of drug-likeness (QED) is 0.530. The number of benzene rings is 1. The van der Waals surface area contributed by atoms with E-state index in [4.69, 9.17) is 0 Å². The summed E-state index contributed by atoms with van der Waals surface area (Å²) >= 11 is 0. The molecule has 1 saturated heterocycles. The lowest BCUT2D eigenvalue weighted by Gasteiger charge is -2.23. The van der Waals surface area contributed by atoms with Gasteiger partial charge in [0.05, 0.1) is 0 Å². The smallest absolute Gasteiger partial charge is 0.268 e. The second kappa shape index (κ2) is 7.74. The van der Waals surface area contributed by atoms with Crippen molar-refractivity contribution >= 4 is 28.8 Å². The minimum atomic E-state index is -0.539. The monoisotopic (exact) mass is 391 g/mol. The third kappa shape index (κ3) is 4.19. The van der Waals surface area contributed by atoms with Crippen molar-refractivity contribution in [3.05, 3.63) is 65.0 Å². The number of amides is 2. The number of aromatic nitrogens is 1. The van der Waals surface area contributed by atoms with Gasteiger partial charge in [-0.05, 0) is 51.0 Å². The molecule has 3 N–H and O–H groups in total. The first-order valence-electron chi connectivity index (χ1n) is 9.88. The van der Waals surface area contributed by atoms with E-state index >= 15 is 0 Å². The van der Waals surface area contributed by atoms with E-state index in [0.29, 0.717) is 0 Å². The van der Waals surface area contributed by atoms with Crippen LogP contribution in [0.3, 0.4) is 0 Å². The van der Waals surface area contributed by atoms with E-state index in [2.05, 4.69) is 74.2 Å². The Kier molecular flexibility index (Phi) is 5.51. The van der Waals surface area contributed by atoms with Gasteiger partial charge in [0, 0.05) is 27.6 Å². The molecule has 1 atom stereocenters. The van der Waals surface area contributed by atoms with E-state index in [0.717, 1.165) is 28.6 Å². The van der Waals surface area contributed by atoms with Gasteiger partial charge in [-0.3, -0.25) is 9.59 Å². The molecule has 152 valence electrons. The van der Waals surface area contributed by atoms with Crippen molar-refractivity contribution in [3.63, 3.8) is 0 Å². The van der Waals surface area contributed by atoms with Crippen molar-refractivity contribution in [1.29, 1.82) is 0 Å². The van der Waals surface area contributed by atoms with Gasteiger partial charge in [-0.1, -0.05) is 37.6 Å². The van der Waals surface area contributed by atoms with Crippen LogP contribution in [-0.2, 0) is 21.4 Å². The van der Waals surface area contributed by atoms with E-state index in [1.165, 1.54) is 11.1 Å². The zero-order valence-corrected chi connectivity index (χ0v) is 17.8. The third-order valence-corrected chi connectivity index (χ3v) is 5.34. The molecular formula is C24H29N3O2. The van der Waals surface area contributed by atoms with Crippen molar-refractivity contribution in [2.24, 2.45) is 0 Å². The fraction of sp³-hybridized carbons (Fsp3) is 0.333. The summed E-state index contributed by atoms with van der Waals surface area (Å²) < 4.78 is 0. The van der Waals surface area contributed by atoms with Gasteiger partial charge in [-0.25, -0.2) is 0 Å². The highest BCUT2D eigenvalue weighted by Crippen LogP contribution is 2.34. The number of fused-ring (bicyclic) bond motifs is 1. The van der Waals surface area contributed by atoms with Crippen LogP contribution >= 0.6 is 0 Å². The summed E-state index contributed by atoms with van der Waals surface area (Å²) in [6, 6.07) is 5.78. The van der Waals surface area contributed by atoms with Crippen LogP contribution in [0.1, 0.15) is 51.4 Å². The molecule has 1 unspecified atom stereocenters. The van der Waals surface area contributed by atoms with Crippen molar-refractivity contribution in [2.75, 3.05) is 0 Å². The van der Waals surface area contributed by atoms with Crippen molar-refractivity contribution in [1.82, 2.24) is 15.6 Å². The topological polar surface area (TPSA) is 74.0 Å². The first kappa shape index (κ1) is 20.6. The van der Waals surface area contributed by atoms with Crippen LogP contribution < -0.4 is 10.6 Å². The van der Waals surface area contributed by atoms with Gasteiger partial charge in [0.15, 0.2) is 0 Å². The number of rotatable bonds is 5. The van der Waals surface area contributed by atoms with Gasteiger partial charge in [0.25, 0.3) is 5.91 Å². The average Bonchev–Trinajstić information content (AvgIpc) is 3.03. The highest BCUT2D eigenvalue weighted by atomic mass is 16.2. The second-order valence-corrected chi connectivity index (χ2v) is 8.45. The lowest BCUT2D eigenvalue weighted by atomic mass is 9.86. The summed E-state index contributed by atoms with van der Waals surface area (Å²) in [5.41, 5.74) is 5.20. The van der Waals surface area contributed by atoms with Crippen molar-refractivity contribution < 1.29 is 9.59 Å². The highest BCUT2D eigenvalue weighted by Gasteiger charge is 2.28. The summed E-state index contributed by atoms with van der Waals surface area (Å²) in [5, 5.41) is 6.45. The Labute approximate surface area is 172 Å². The number of carbonyl (C=O) groups is 2. The Morgan fingerprint density at radius 3 is 2.62 bits per heavy atom. The summed E-state index contributed by atoms with van der Waals surface area (Å²) in [4.78, 5) is 28.0. The average molecular weight is 392 g/mol. The zero-order valence-electron chi connectivity index (χ0n) is 17.8. The Balaban J connectivity index is 2.19. The van der Waals surface area contributed by atoms with Crippen LogP contribution in [0.15, 0.2) is 48.2 Å². The van der Waals surface area contributed by atoms with E-state index in [9.17, 15) is 9.59 Å². The summed E-state index contributed by atoms with van der Waals surface area (Å²) in [5.74, 6) is -0.501. The van der Waals surface area contributed by atoms with Gasteiger partial charge in [-0.2, -0.15) is 0 Å². The molecule has 0 radical (unpaired) electrons. The van der Waals surface area contributed by atoms with Crippen LogP contribution in [0, 0.1) is 0 Å². The molecule has 2 heterocycles. The van der Waals surface area contributed by atoms with Crippen LogP contribution in [0.2, 0.25) is 0 Å². The van der Waals surface area contributed by atoms with E-state index in [1.807, 2.05) is 6.08 Å². The molecule has 0 spiro atoms. The van der Waals surface area contributed by atoms with Gasteiger partial charge < -0.3 is 15.6 Å². The van der Waals surface area contributed by atoms with Crippen molar-refractivity contribution in [3.8, 4) is 0 Å². The lowest BCUT2D eigenvalue weighted by Crippen LogP contribution is -2.53. The Hall–Kier alpha value is -3.08. The van der Waals surface area contributed by atoms with E-state index < -0.39 is 6.04 Å². The molecule has 5 heteroatoms. The third-order valence-electron chi connectivity index (χ3n) is 5.34. The molecule has 3 rings (SSSR count). The predicted octanol–water partition coefficient (Wildman–Crippen LogP) is 4.12. The van der Waals surface area contributed by atoms with Gasteiger partial charge in [-0.15, -0.1) is 6.58 Å². The maximum Gasteiger partial charge on any atom is 0.268 e. The number of carbonyl (C=O) groups excluding carboxylic acids is 2. The molecule has 2 aromatic rings. The zero-order chi connectivity index (χ0) is 21.3. The predicted molar refractivity (Wildman–Crippen MR) is 118 cm³/mol. The van der Waals surface area contributed by atoms with E-state index in [1.54, 1.807) is 13.0 Å². The number of piperazine rings is 1.